The summed E-state index contributed by atoms with van der Waals surface area (Å²) in [4.78, 5) is 24.6. The fourth-order valence-electron chi connectivity index (χ4n) is 2.32. The third-order valence-corrected chi connectivity index (χ3v) is 3.55. The Bertz CT molecular complexity index is 294. The molecule has 2 unspecified atom stereocenters. The van der Waals surface area contributed by atoms with Crippen LogP contribution in [0, 0.1) is 5.92 Å². The van der Waals surface area contributed by atoms with Crippen molar-refractivity contribution in [3.8, 4) is 0 Å². The minimum absolute atomic E-state index is 0.0277. The predicted octanol–water partition coefficient (Wildman–Crippen LogP) is 1.09. The normalized spacial score (nSPS) is 24.8. The van der Waals surface area contributed by atoms with Crippen molar-refractivity contribution < 1.29 is 14.7 Å². The summed E-state index contributed by atoms with van der Waals surface area (Å²) in [5.74, 6) is -0.808. The first-order valence-electron chi connectivity index (χ1n) is 6.78. The molecule has 1 saturated heterocycles. The second kappa shape index (κ2) is 7.36. The second-order valence-electron chi connectivity index (χ2n) is 5.09. The lowest BCUT2D eigenvalue weighted by atomic mass is 9.92. The highest BCUT2D eigenvalue weighted by Gasteiger charge is 2.30. The maximum atomic E-state index is 11.9. The van der Waals surface area contributed by atoms with Gasteiger partial charge in [0.2, 0.25) is 5.91 Å². The number of unbranched alkanes of at least 4 members (excludes halogenated alkanes) is 1. The monoisotopic (exact) mass is 256 g/mol. The van der Waals surface area contributed by atoms with Crippen molar-refractivity contribution in [1.82, 2.24) is 10.2 Å². The van der Waals surface area contributed by atoms with Crippen LogP contribution in [0.5, 0.6) is 0 Å². The largest absolute Gasteiger partial charge is 0.480 e. The Kier molecular flexibility index (Phi) is 6.12. The van der Waals surface area contributed by atoms with Gasteiger partial charge in [0.05, 0.1) is 12.5 Å². The van der Waals surface area contributed by atoms with Crippen LogP contribution in [0.2, 0.25) is 0 Å². The van der Waals surface area contributed by atoms with E-state index in [2.05, 4.69) is 12.2 Å². The van der Waals surface area contributed by atoms with Crippen LogP contribution >= 0.6 is 0 Å². The number of amides is 1. The number of carboxylic acid groups (broad SMARTS) is 1. The molecular weight excluding hydrogens is 232 g/mol. The smallest absolute Gasteiger partial charge is 0.317 e. The van der Waals surface area contributed by atoms with Crippen LogP contribution in [0.25, 0.3) is 0 Å². The molecule has 2 N–H and O–H groups in total. The molecule has 1 aliphatic rings. The lowest BCUT2D eigenvalue weighted by molar-refractivity contribution is -0.140. The van der Waals surface area contributed by atoms with Gasteiger partial charge < -0.3 is 10.4 Å². The molecule has 5 nitrogen and oxygen atoms in total. The Labute approximate surface area is 109 Å². The third-order valence-electron chi connectivity index (χ3n) is 3.55. The number of hydrogen-bond donors (Lipinski definition) is 2. The number of carbonyl (C=O) groups excluding carboxylic acids is 1. The molecule has 1 amide bonds. The average Bonchev–Trinajstić information content (AvgIpc) is 2.31. The summed E-state index contributed by atoms with van der Waals surface area (Å²) in [7, 11) is 0. The van der Waals surface area contributed by atoms with E-state index in [-0.39, 0.29) is 24.4 Å². The van der Waals surface area contributed by atoms with Crippen LogP contribution in [-0.4, -0.2) is 47.6 Å². The van der Waals surface area contributed by atoms with Gasteiger partial charge in [-0.05, 0) is 26.2 Å². The lowest BCUT2D eigenvalue weighted by Crippen LogP contribution is -2.48. The van der Waals surface area contributed by atoms with E-state index in [0.717, 1.165) is 32.2 Å². The molecule has 0 saturated carbocycles. The number of aliphatic carboxylic acids is 1. The van der Waals surface area contributed by atoms with Crippen LogP contribution in [-0.2, 0) is 9.59 Å². The van der Waals surface area contributed by atoms with Gasteiger partial charge in [-0.2, -0.15) is 0 Å². The number of carboxylic acids is 1. The molecule has 1 aliphatic heterocycles. The summed E-state index contributed by atoms with van der Waals surface area (Å²) in [6.45, 7) is 5.42. The number of nitrogens with zero attached hydrogens (tertiary/aromatic N) is 1. The van der Waals surface area contributed by atoms with Crippen molar-refractivity contribution >= 4 is 11.9 Å². The standard InChI is InChI=1S/C13H24N2O3/c1-3-4-7-14-13(18)11-6-5-10(2)15(8-11)9-12(16)17/h10-11H,3-9H2,1-2H3,(H,14,18)(H,16,17). The zero-order valence-electron chi connectivity index (χ0n) is 11.3. The second-order valence-corrected chi connectivity index (χ2v) is 5.09. The van der Waals surface area contributed by atoms with E-state index in [1.54, 1.807) is 0 Å². The molecule has 2 atom stereocenters. The van der Waals surface area contributed by atoms with Gasteiger partial charge in [-0.1, -0.05) is 13.3 Å². The van der Waals surface area contributed by atoms with E-state index in [4.69, 9.17) is 5.11 Å². The number of carbonyl (C=O) groups is 2. The third kappa shape index (κ3) is 4.64. The van der Waals surface area contributed by atoms with Crippen LogP contribution in [0.15, 0.2) is 0 Å². The first kappa shape index (κ1) is 15.0. The molecular formula is C13H24N2O3. The predicted molar refractivity (Wildman–Crippen MR) is 69.3 cm³/mol. The highest BCUT2D eigenvalue weighted by Crippen LogP contribution is 2.21. The lowest BCUT2D eigenvalue weighted by Gasteiger charge is -2.36. The van der Waals surface area contributed by atoms with Crippen LogP contribution in [0.4, 0.5) is 0 Å². The first-order chi connectivity index (χ1) is 8.54. The summed E-state index contributed by atoms with van der Waals surface area (Å²) >= 11 is 0. The van der Waals surface area contributed by atoms with Crippen LogP contribution < -0.4 is 5.32 Å². The molecule has 0 radical (unpaired) electrons. The number of nitrogens with one attached hydrogen (secondary N) is 1. The van der Waals surface area contributed by atoms with Gasteiger partial charge in [0, 0.05) is 19.1 Å². The van der Waals surface area contributed by atoms with E-state index >= 15 is 0 Å². The maximum Gasteiger partial charge on any atom is 0.317 e. The summed E-state index contributed by atoms with van der Waals surface area (Å²) in [6, 6.07) is 0.251. The van der Waals surface area contributed by atoms with Crippen LogP contribution in [0.1, 0.15) is 39.5 Å². The van der Waals surface area contributed by atoms with Crippen LogP contribution in [0.3, 0.4) is 0 Å². The molecule has 1 heterocycles. The van der Waals surface area contributed by atoms with Gasteiger partial charge >= 0.3 is 5.97 Å². The minimum atomic E-state index is -0.825. The SMILES string of the molecule is CCCCNC(=O)C1CCC(C)N(CC(=O)O)C1. The minimum Gasteiger partial charge on any atom is -0.480 e. The molecule has 18 heavy (non-hydrogen) atoms. The van der Waals surface area contributed by atoms with E-state index in [9.17, 15) is 9.59 Å². The molecule has 104 valence electrons. The zero-order valence-corrected chi connectivity index (χ0v) is 11.3. The van der Waals surface area contributed by atoms with Gasteiger partial charge in [0.15, 0.2) is 0 Å². The Morgan fingerprint density at radius 3 is 2.72 bits per heavy atom. The van der Waals surface area contributed by atoms with Gasteiger partial charge in [0.25, 0.3) is 0 Å². The first-order valence-corrected chi connectivity index (χ1v) is 6.78. The molecule has 1 fully saturated rings. The van der Waals surface area contributed by atoms with E-state index in [1.807, 2.05) is 11.8 Å². The fraction of sp³-hybridized carbons (Fsp3) is 0.846. The summed E-state index contributed by atoms with van der Waals surface area (Å²) in [5.41, 5.74) is 0. The molecule has 1 rings (SSSR count). The Morgan fingerprint density at radius 2 is 2.11 bits per heavy atom. The molecule has 0 aromatic rings. The fourth-order valence-corrected chi connectivity index (χ4v) is 2.32. The summed E-state index contributed by atoms with van der Waals surface area (Å²) in [5, 5.41) is 11.8. The molecule has 0 bridgehead atoms. The topological polar surface area (TPSA) is 69.6 Å². The van der Waals surface area contributed by atoms with Crippen molar-refractivity contribution in [2.75, 3.05) is 19.6 Å². The maximum absolute atomic E-state index is 11.9. The van der Waals surface area contributed by atoms with E-state index in [0.29, 0.717) is 6.54 Å². The number of hydrogen-bond acceptors (Lipinski definition) is 3. The molecule has 0 aromatic carbocycles. The molecule has 5 heteroatoms. The van der Waals surface area contributed by atoms with Gasteiger partial charge in [-0.25, -0.2) is 0 Å². The highest BCUT2D eigenvalue weighted by atomic mass is 16.4. The zero-order chi connectivity index (χ0) is 13.5. The Hall–Kier alpha value is -1.10. The summed E-state index contributed by atoms with van der Waals surface area (Å²) < 4.78 is 0. The molecule has 0 aliphatic carbocycles. The average molecular weight is 256 g/mol. The van der Waals surface area contributed by atoms with Crippen molar-refractivity contribution in [3.05, 3.63) is 0 Å². The Balaban J connectivity index is 2.42. The van der Waals surface area contributed by atoms with Crippen molar-refractivity contribution in [3.63, 3.8) is 0 Å². The summed E-state index contributed by atoms with van der Waals surface area (Å²) in [6.07, 6.45) is 3.80. The number of piperidine rings is 1. The van der Waals surface area contributed by atoms with Gasteiger partial charge in [0.1, 0.15) is 0 Å². The Morgan fingerprint density at radius 1 is 1.39 bits per heavy atom. The number of rotatable bonds is 6. The highest BCUT2D eigenvalue weighted by molar-refractivity contribution is 5.79. The number of likely N-dealkylation sites (tertiary alicyclic amines) is 1. The van der Waals surface area contributed by atoms with Crippen molar-refractivity contribution in [2.45, 2.75) is 45.6 Å². The van der Waals surface area contributed by atoms with E-state index in [1.165, 1.54) is 0 Å². The van der Waals surface area contributed by atoms with E-state index < -0.39 is 5.97 Å². The van der Waals surface area contributed by atoms with Gasteiger partial charge in [-0.15, -0.1) is 0 Å². The molecule has 0 spiro atoms. The quantitative estimate of drug-likeness (QED) is 0.698. The molecule has 0 aromatic heterocycles. The van der Waals surface area contributed by atoms with Gasteiger partial charge in [-0.3, -0.25) is 14.5 Å². The van der Waals surface area contributed by atoms with Crippen molar-refractivity contribution in [2.24, 2.45) is 5.92 Å². The van der Waals surface area contributed by atoms with Crippen molar-refractivity contribution in [1.29, 1.82) is 0 Å².